The summed E-state index contributed by atoms with van der Waals surface area (Å²) < 4.78 is 35.8. The first-order chi connectivity index (χ1) is 5.00. The van der Waals surface area contributed by atoms with Gasteiger partial charge >= 0.3 is 6.98 Å². The van der Waals surface area contributed by atoms with Gasteiger partial charge in [0.1, 0.15) is 0 Å². The molecule has 5 heteroatoms. The Bertz CT molecular complexity index is 182. The number of halogens is 3. The molecule has 0 unspecified atom stereocenters. The summed E-state index contributed by atoms with van der Waals surface area (Å²) in [6.07, 6.45) is 3.85. The summed E-state index contributed by atoms with van der Waals surface area (Å²) in [5, 5.41) is 8.68. The predicted molar refractivity (Wildman–Crippen MR) is 36.3 cm³/mol. The lowest BCUT2D eigenvalue weighted by Gasteiger charge is -2.29. The third-order valence-electron chi connectivity index (χ3n) is 1.41. The summed E-state index contributed by atoms with van der Waals surface area (Å²) in [6, 6.07) is 0. The summed E-state index contributed by atoms with van der Waals surface area (Å²) in [4.78, 5) is 0. The highest BCUT2D eigenvalue weighted by Gasteiger charge is 2.27. The molecule has 0 amide bonds. The first-order valence-electron chi connectivity index (χ1n) is 3.12. The van der Waals surface area contributed by atoms with Crippen LogP contribution in [-0.4, -0.2) is 12.1 Å². The third-order valence-corrected chi connectivity index (χ3v) is 1.41. The molecule has 1 rings (SSSR count). The van der Waals surface area contributed by atoms with Crippen LogP contribution in [0.1, 0.15) is 0 Å². The van der Waals surface area contributed by atoms with Crippen molar-refractivity contribution in [3.8, 4) is 0 Å². The van der Waals surface area contributed by atoms with Crippen LogP contribution >= 0.6 is 0 Å². The van der Waals surface area contributed by atoms with Gasteiger partial charge in [-0.1, -0.05) is 0 Å². The number of aliphatic hydroxyl groups excluding tert-OH is 1. The second-order valence-corrected chi connectivity index (χ2v) is 2.35. The zero-order valence-electron chi connectivity index (χ0n) is 5.55. The standard InChI is InChI=1S/C6H6BF3O/c8-7(9,10)5-1-3-6(11)4-2-5/h1-5,11H/q-2. The van der Waals surface area contributed by atoms with E-state index in [-0.39, 0.29) is 6.10 Å². The zero-order chi connectivity index (χ0) is 8.48. The Kier molecular flexibility index (Phi) is 2.00. The molecule has 1 nitrogen and oxygen atoms in total. The van der Waals surface area contributed by atoms with Gasteiger partial charge in [-0.15, -0.1) is 18.0 Å². The Balaban J connectivity index is 2.66. The van der Waals surface area contributed by atoms with E-state index in [4.69, 9.17) is 5.11 Å². The predicted octanol–water partition coefficient (Wildman–Crippen LogP) is 2.23. The van der Waals surface area contributed by atoms with Crippen LogP contribution in [0.5, 0.6) is 0 Å². The summed E-state index contributed by atoms with van der Waals surface area (Å²) in [6.45, 7) is -4.85. The van der Waals surface area contributed by atoms with Gasteiger partial charge < -0.3 is 18.1 Å². The second kappa shape index (κ2) is 2.66. The van der Waals surface area contributed by atoms with Crippen LogP contribution in [0.4, 0.5) is 12.9 Å². The van der Waals surface area contributed by atoms with Crippen molar-refractivity contribution in [1.29, 1.82) is 0 Å². The Labute approximate surface area is 62.3 Å². The van der Waals surface area contributed by atoms with E-state index in [0.717, 1.165) is 24.3 Å². The normalized spacial score (nSPS) is 19.5. The molecular weight excluding hydrogens is 156 g/mol. The van der Waals surface area contributed by atoms with E-state index < -0.39 is 12.8 Å². The van der Waals surface area contributed by atoms with Crippen molar-refractivity contribution in [3.63, 3.8) is 0 Å². The highest BCUT2D eigenvalue weighted by molar-refractivity contribution is 6.61. The van der Waals surface area contributed by atoms with Gasteiger partial charge in [0, 0.05) is 0 Å². The average molecular weight is 162 g/mol. The van der Waals surface area contributed by atoms with Crippen LogP contribution in [0.3, 0.4) is 0 Å². The monoisotopic (exact) mass is 162 g/mol. The molecule has 62 valence electrons. The maximum atomic E-state index is 11.9. The van der Waals surface area contributed by atoms with Gasteiger partial charge in [0.05, 0.1) is 0 Å². The van der Waals surface area contributed by atoms with Crippen LogP contribution in [0.15, 0.2) is 24.3 Å². The molecule has 0 radical (unpaired) electrons. The molecule has 0 aromatic heterocycles. The Morgan fingerprint density at radius 3 is 2.00 bits per heavy atom. The number of hydrogen-bond donors (Lipinski definition) is 1. The average Bonchev–Trinajstić information content (AvgIpc) is 1.86. The highest BCUT2D eigenvalue weighted by atomic mass is 19.4. The fourth-order valence-corrected chi connectivity index (χ4v) is 0.791. The Morgan fingerprint density at radius 2 is 1.64 bits per heavy atom. The van der Waals surface area contributed by atoms with Crippen molar-refractivity contribution < 1.29 is 18.1 Å². The smallest absolute Gasteiger partial charge is 0.450 e. The first kappa shape index (κ1) is 8.26. The zero-order valence-corrected chi connectivity index (χ0v) is 5.55. The molecule has 0 saturated heterocycles. The third kappa shape index (κ3) is 2.05. The van der Waals surface area contributed by atoms with Gasteiger partial charge in [-0.2, -0.15) is 0 Å². The van der Waals surface area contributed by atoms with Gasteiger partial charge in [0.2, 0.25) is 0 Å². The fraction of sp³-hybridized carbons (Fsp3) is 0.167. The van der Waals surface area contributed by atoms with Crippen LogP contribution in [0.2, 0.25) is 5.82 Å². The van der Waals surface area contributed by atoms with E-state index in [0.29, 0.717) is 0 Å². The number of aliphatic hydroxyl groups is 1. The molecule has 0 aromatic rings. The molecule has 0 aromatic carbocycles. The molecule has 1 N–H and O–H groups in total. The van der Waals surface area contributed by atoms with E-state index in [9.17, 15) is 12.9 Å². The first-order valence-corrected chi connectivity index (χ1v) is 3.12. The largest absolute Gasteiger partial charge is 0.466 e. The lowest BCUT2D eigenvalue weighted by molar-refractivity contribution is 0.367. The molecule has 11 heavy (non-hydrogen) atoms. The Morgan fingerprint density at radius 1 is 1.18 bits per heavy atom. The summed E-state index contributed by atoms with van der Waals surface area (Å²) in [7, 11) is 0. The molecule has 0 aliphatic heterocycles. The molecule has 0 heterocycles. The summed E-state index contributed by atoms with van der Waals surface area (Å²) in [5.74, 6) is -1.49. The van der Waals surface area contributed by atoms with E-state index in [1.165, 1.54) is 0 Å². The lowest BCUT2D eigenvalue weighted by Crippen LogP contribution is -2.22. The van der Waals surface area contributed by atoms with Crippen molar-refractivity contribution in [3.05, 3.63) is 30.4 Å². The van der Waals surface area contributed by atoms with Crippen molar-refractivity contribution in [2.45, 2.75) is 5.82 Å². The van der Waals surface area contributed by atoms with Gasteiger partial charge in [-0.3, -0.25) is 0 Å². The van der Waals surface area contributed by atoms with Crippen LogP contribution < -0.4 is 0 Å². The molecule has 0 atom stereocenters. The van der Waals surface area contributed by atoms with E-state index in [1.807, 2.05) is 0 Å². The highest BCUT2D eigenvalue weighted by Crippen LogP contribution is 2.32. The van der Waals surface area contributed by atoms with E-state index in [2.05, 4.69) is 0 Å². The van der Waals surface area contributed by atoms with Gasteiger partial charge in [0.15, 0.2) is 0 Å². The molecular formula is C6H6BF3O-2. The summed E-state index contributed by atoms with van der Waals surface area (Å²) >= 11 is 0. The lowest BCUT2D eigenvalue weighted by atomic mass is 9.71. The van der Waals surface area contributed by atoms with Crippen molar-refractivity contribution in [1.82, 2.24) is 0 Å². The molecule has 1 aliphatic rings. The van der Waals surface area contributed by atoms with Gasteiger partial charge in [0.25, 0.3) is 0 Å². The van der Waals surface area contributed by atoms with Crippen LogP contribution in [0.25, 0.3) is 0 Å². The molecule has 0 fully saturated rings. The maximum Gasteiger partial charge on any atom is 0.466 e. The molecule has 0 saturated carbocycles. The van der Waals surface area contributed by atoms with Crippen LogP contribution in [-0.2, 0) is 0 Å². The van der Waals surface area contributed by atoms with E-state index in [1.54, 1.807) is 0 Å². The van der Waals surface area contributed by atoms with Gasteiger partial charge in [-0.25, -0.2) is 12.2 Å². The molecule has 0 bridgehead atoms. The molecule has 0 spiro atoms. The fourth-order valence-electron chi connectivity index (χ4n) is 0.791. The maximum absolute atomic E-state index is 11.9. The quantitative estimate of drug-likeness (QED) is 0.462. The number of hydrogen-bond acceptors (Lipinski definition) is 1. The van der Waals surface area contributed by atoms with Crippen molar-refractivity contribution in [2.24, 2.45) is 0 Å². The number of allylic oxidation sites excluding steroid dienone is 2. The minimum atomic E-state index is -4.85. The number of rotatable bonds is 1. The topological polar surface area (TPSA) is 20.2 Å². The summed E-state index contributed by atoms with van der Waals surface area (Å²) in [5.41, 5.74) is 0. The van der Waals surface area contributed by atoms with Gasteiger partial charge in [-0.05, 0) is 6.10 Å². The van der Waals surface area contributed by atoms with Crippen molar-refractivity contribution in [2.75, 3.05) is 0 Å². The second-order valence-electron chi connectivity index (χ2n) is 2.35. The van der Waals surface area contributed by atoms with Crippen molar-refractivity contribution >= 4 is 6.98 Å². The van der Waals surface area contributed by atoms with Crippen LogP contribution in [0, 0.1) is 6.10 Å². The minimum Gasteiger partial charge on any atom is -0.450 e. The minimum absolute atomic E-state index is 0.138. The molecule has 1 aliphatic carbocycles. The van der Waals surface area contributed by atoms with E-state index >= 15 is 0 Å². The Hall–Kier alpha value is -0.835. The SMILES string of the molecule is O[C-]1C=CC([B-](F)(F)F)C=C1.